The Kier molecular flexibility index (Phi) is 5.56. The van der Waals surface area contributed by atoms with Crippen LogP contribution in [0.1, 0.15) is 26.3 Å². The van der Waals surface area contributed by atoms with Crippen LogP contribution >= 0.6 is 0 Å². The minimum atomic E-state index is -0.457. The van der Waals surface area contributed by atoms with Crippen LogP contribution in [0.4, 0.5) is 14.5 Å². The van der Waals surface area contributed by atoms with E-state index >= 15 is 0 Å². The Morgan fingerprint density at radius 2 is 1.41 bits per heavy atom. The van der Waals surface area contributed by atoms with E-state index in [-0.39, 0.29) is 23.8 Å². The maximum absolute atomic E-state index is 13.2. The van der Waals surface area contributed by atoms with Gasteiger partial charge in [-0.25, -0.2) is 8.78 Å². The molecule has 2 amide bonds. The number of carbonyl (C=O) groups is 2. The third-order valence-electron chi connectivity index (χ3n) is 3.84. The first-order valence-corrected chi connectivity index (χ1v) is 8.21. The van der Waals surface area contributed by atoms with E-state index in [1.165, 1.54) is 36.4 Å². The minimum absolute atomic E-state index is 0.235. The van der Waals surface area contributed by atoms with Crippen molar-refractivity contribution in [1.82, 2.24) is 5.32 Å². The van der Waals surface area contributed by atoms with Crippen molar-refractivity contribution in [3.8, 4) is 0 Å². The average Bonchev–Trinajstić information content (AvgIpc) is 2.67. The molecular weight excluding hydrogens is 350 g/mol. The molecule has 3 aromatic carbocycles. The number of nitrogens with one attached hydrogen (secondary N) is 2. The zero-order valence-corrected chi connectivity index (χ0v) is 14.2. The van der Waals surface area contributed by atoms with E-state index in [4.69, 9.17) is 0 Å². The molecule has 0 unspecified atom stereocenters. The third-order valence-corrected chi connectivity index (χ3v) is 3.84. The normalized spacial score (nSPS) is 10.3. The zero-order valence-electron chi connectivity index (χ0n) is 14.2. The Labute approximate surface area is 154 Å². The summed E-state index contributed by atoms with van der Waals surface area (Å²) in [6.45, 7) is 0.235. The predicted octanol–water partition coefficient (Wildman–Crippen LogP) is 4.15. The van der Waals surface area contributed by atoms with Crippen molar-refractivity contribution in [3.05, 3.63) is 101 Å². The fraction of sp³-hybridized carbons (Fsp3) is 0.0476. The van der Waals surface area contributed by atoms with Gasteiger partial charge in [0, 0.05) is 23.4 Å². The Bertz CT molecular complexity index is 972. The zero-order chi connectivity index (χ0) is 19.2. The number of anilines is 1. The second-order valence-corrected chi connectivity index (χ2v) is 5.85. The van der Waals surface area contributed by atoms with Gasteiger partial charge in [-0.3, -0.25) is 9.59 Å². The smallest absolute Gasteiger partial charge is 0.255 e. The van der Waals surface area contributed by atoms with Crippen molar-refractivity contribution < 1.29 is 18.4 Å². The topological polar surface area (TPSA) is 58.2 Å². The van der Waals surface area contributed by atoms with Crippen LogP contribution in [0.5, 0.6) is 0 Å². The van der Waals surface area contributed by atoms with E-state index in [2.05, 4.69) is 10.6 Å². The fourth-order valence-corrected chi connectivity index (χ4v) is 2.46. The van der Waals surface area contributed by atoms with Gasteiger partial charge in [-0.15, -0.1) is 0 Å². The molecule has 3 rings (SSSR count). The summed E-state index contributed by atoms with van der Waals surface area (Å²) >= 11 is 0. The molecule has 27 heavy (non-hydrogen) atoms. The molecule has 0 aliphatic heterocycles. The van der Waals surface area contributed by atoms with Gasteiger partial charge >= 0.3 is 0 Å². The molecule has 0 saturated heterocycles. The largest absolute Gasteiger partial charge is 0.348 e. The van der Waals surface area contributed by atoms with E-state index in [1.54, 1.807) is 36.4 Å². The first kappa shape index (κ1) is 18.3. The highest BCUT2D eigenvalue weighted by Gasteiger charge is 2.11. The summed E-state index contributed by atoms with van der Waals surface area (Å²) in [4.78, 5) is 24.6. The number of hydrogen-bond acceptors (Lipinski definition) is 2. The molecule has 0 heterocycles. The van der Waals surface area contributed by atoms with Crippen molar-refractivity contribution in [2.45, 2.75) is 6.54 Å². The summed E-state index contributed by atoms with van der Waals surface area (Å²) in [7, 11) is 0. The second kappa shape index (κ2) is 8.23. The SMILES string of the molecule is O=C(NCc1ccc(F)cc1)c1cccc(C(=O)Nc2cccc(F)c2)c1. The second-order valence-electron chi connectivity index (χ2n) is 5.85. The lowest BCUT2D eigenvalue weighted by atomic mass is 10.1. The Hall–Kier alpha value is -3.54. The van der Waals surface area contributed by atoms with Crippen LogP contribution in [-0.4, -0.2) is 11.8 Å². The molecule has 0 aromatic heterocycles. The van der Waals surface area contributed by atoms with Crippen molar-refractivity contribution in [1.29, 1.82) is 0 Å². The van der Waals surface area contributed by atoms with Crippen molar-refractivity contribution in [2.75, 3.05) is 5.32 Å². The van der Waals surface area contributed by atoms with E-state index in [0.29, 0.717) is 11.3 Å². The number of amides is 2. The maximum Gasteiger partial charge on any atom is 0.255 e. The molecular formula is C21H16F2N2O2. The Morgan fingerprint density at radius 3 is 2.11 bits per heavy atom. The highest BCUT2D eigenvalue weighted by Crippen LogP contribution is 2.13. The molecule has 0 aliphatic carbocycles. The fourth-order valence-electron chi connectivity index (χ4n) is 2.46. The standard InChI is InChI=1S/C21H16F2N2O2/c22-17-9-7-14(8-10-17)13-24-20(26)15-3-1-4-16(11-15)21(27)25-19-6-2-5-18(23)12-19/h1-12H,13H2,(H,24,26)(H,25,27). The van der Waals surface area contributed by atoms with Crippen molar-refractivity contribution >= 4 is 17.5 Å². The molecule has 0 spiro atoms. The molecule has 0 bridgehead atoms. The van der Waals surface area contributed by atoms with Crippen LogP contribution < -0.4 is 10.6 Å². The summed E-state index contributed by atoms with van der Waals surface area (Å²) in [6.07, 6.45) is 0. The maximum atomic E-state index is 13.2. The molecule has 136 valence electrons. The van der Waals surface area contributed by atoms with Gasteiger partial charge in [0.1, 0.15) is 11.6 Å². The number of halogens is 2. The molecule has 0 atom stereocenters. The van der Waals surface area contributed by atoms with E-state index in [0.717, 1.165) is 5.56 Å². The molecule has 0 aliphatic rings. The quantitative estimate of drug-likeness (QED) is 0.713. The van der Waals surface area contributed by atoms with E-state index in [9.17, 15) is 18.4 Å². The van der Waals surface area contributed by atoms with Gasteiger partial charge in [0.25, 0.3) is 11.8 Å². The van der Waals surface area contributed by atoms with Gasteiger partial charge < -0.3 is 10.6 Å². The Balaban J connectivity index is 1.66. The van der Waals surface area contributed by atoms with Gasteiger partial charge in [-0.1, -0.05) is 24.3 Å². The summed E-state index contributed by atoms with van der Waals surface area (Å²) in [5.41, 5.74) is 1.66. The molecule has 0 fully saturated rings. The van der Waals surface area contributed by atoms with Crippen molar-refractivity contribution in [3.63, 3.8) is 0 Å². The lowest BCUT2D eigenvalue weighted by Crippen LogP contribution is -2.23. The Morgan fingerprint density at radius 1 is 0.741 bits per heavy atom. The highest BCUT2D eigenvalue weighted by molar-refractivity contribution is 6.06. The number of hydrogen-bond donors (Lipinski definition) is 2. The molecule has 3 aromatic rings. The summed E-state index contributed by atoms with van der Waals surface area (Å²) in [6, 6.07) is 17.5. The first-order chi connectivity index (χ1) is 13.0. The van der Waals surface area contributed by atoms with Gasteiger partial charge in [0.2, 0.25) is 0 Å². The number of benzene rings is 3. The van der Waals surface area contributed by atoms with Gasteiger partial charge in [0.05, 0.1) is 0 Å². The van der Waals surface area contributed by atoms with Crippen LogP contribution in [0, 0.1) is 11.6 Å². The summed E-state index contributed by atoms with van der Waals surface area (Å²) in [5, 5.41) is 5.30. The molecule has 0 saturated carbocycles. The van der Waals surface area contributed by atoms with Crippen molar-refractivity contribution in [2.24, 2.45) is 0 Å². The summed E-state index contributed by atoms with van der Waals surface area (Å²) < 4.78 is 26.1. The first-order valence-electron chi connectivity index (χ1n) is 8.21. The van der Waals surface area contributed by atoms with Crippen LogP contribution in [0.3, 0.4) is 0 Å². The minimum Gasteiger partial charge on any atom is -0.348 e. The molecule has 6 heteroatoms. The lowest BCUT2D eigenvalue weighted by molar-refractivity contribution is 0.0951. The number of rotatable bonds is 5. The highest BCUT2D eigenvalue weighted by atomic mass is 19.1. The molecule has 0 radical (unpaired) electrons. The van der Waals surface area contributed by atoms with Gasteiger partial charge in [-0.05, 0) is 54.1 Å². The van der Waals surface area contributed by atoms with E-state index < -0.39 is 11.7 Å². The molecule has 4 nitrogen and oxygen atoms in total. The summed E-state index contributed by atoms with van der Waals surface area (Å²) in [5.74, 6) is -1.61. The van der Waals surface area contributed by atoms with Gasteiger partial charge in [0.15, 0.2) is 0 Å². The van der Waals surface area contributed by atoms with Crippen LogP contribution in [0.15, 0.2) is 72.8 Å². The third kappa shape index (κ3) is 4.98. The van der Waals surface area contributed by atoms with Crippen LogP contribution in [-0.2, 0) is 6.54 Å². The van der Waals surface area contributed by atoms with Gasteiger partial charge in [-0.2, -0.15) is 0 Å². The molecule has 2 N–H and O–H groups in total. The number of carbonyl (C=O) groups excluding carboxylic acids is 2. The monoisotopic (exact) mass is 366 g/mol. The van der Waals surface area contributed by atoms with Crippen LogP contribution in [0.25, 0.3) is 0 Å². The average molecular weight is 366 g/mol. The van der Waals surface area contributed by atoms with E-state index in [1.807, 2.05) is 0 Å². The predicted molar refractivity (Wildman–Crippen MR) is 98.4 cm³/mol. The lowest BCUT2D eigenvalue weighted by Gasteiger charge is -2.08. The van der Waals surface area contributed by atoms with Crippen LogP contribution in [0.2, 0.25) is 0 Å².